The van der Waals surface area contributed by atoms with Crippen molar-refractivity contribution >= 4 is 11.6 Å². The van der Waals surface area contributed by atoms with Gasteiger partial charge >= 0.3 is 17.3 Å². The monoisotopic (exact) mass is 209 g/mol. The largest absolute Gasteiger partial charge is 0.465 e. The third-order valence-corrected chi connectivity index (χ3v) is 1.92. The maximum atomic E-state index is 11.3. The predicted octanol–water partition coefficient (Wildman–Crippen LogP) is -0.898. The van der Waals surface area contributed by atoms with Crippen LogP contribution in [0.1, 0.15) is 10.4 Å². The van der Waals surface area contributed by atoms with Crippen molar-refractivity contribution in [3.63, 3.8) is 0 Å². The number of nitrogens with zero attached hydrogens (tertiary/aromatic N) is 1. The number of carbonyl (C=O) groups excluding carboxylic acids is 1. The molecule has 2 N–H and O–H groups in total. The van der Waals surface area contributed by atoms with Gasteiger partial charge in [-0.1, -0.05) is 0 Å². The number of rotatable bonds is 1. The average Bonchev–Trinajstić information content (AvgIpc) is 2.60. The lowest BCUT2D eigenvalue weighted by atomic mass is 10.3. The molecule has 0 unspecified atom stereocenters. The fourth-order valence-corrected chi connectivity index (χ4v) is 1.26. The molecule has 0 atom stereocenters. The summed E-state index contributed by atoms with van der Waals surface area (Å²) < 4.78 is 5.60. The van der Waals surface area contributed by atoms with Crippen LogP contribution in [0, 0.1) is 0 Å². The summed E-state index contributed by atoms with van der Waals surface area (Å²) in [6.07, 6.45) is 1.29. The SMILES string of the molecule is COC(=O)c1cc2[nH]c(=O)[nH]c(=O)n2c1. The second-order valence-corrected chi connectivity index (χ2v) is 2.86. The van der Waals surface area contributed by atoms with E-state index in [0.29, 0.717) is 0 Å². The number of H-pyrrole nitrogens is 2. The van der Waals surface area contributed by atoms with E-state index in [1.54, 1.807) is 0 Å². The third-order valence-electron chi connectivity index (χ3n) is 1.92. The number of hydrogen-bond donors (Lipinski definition) is 2. The third kappa shape index (κ3) is 1.43. The lowest BCUT2D eigenvalue weighted by Crippen LogP contribution is -2.26. The fourth-order valence-electron chi connectivity index (χ4n) is 1.26. The van der Waals surface area contributed by atoms with E-state index in [-0.39, 0.29) is 11.2 Å². The van der Waals surface area contributed by atoms with Crippen molar-refractivity contribution in [1.29, 1.82) is 0 Å². The minimum atomic E-state index is -0.623. The summed E-state index contributed by atoms with van der Waals surface area (Å²) >= 11 is 0. The normalized spacial score (nSPS) is 10.5. The van der Waals surface area contributed by atoms with Gasteiger partial charge in [0.05, 0.1) is 12.7 Å². The quantitative estimate of drug-likeness (QED) is 0.595. The van der Waals surface area contributed by atoms with Gasteiger partial charge in [-0.3, -0.25) is 14.4 Å². The minimum absolute atomic E-state index is 0.199. The molecule has 0 radical (unpaired) electrons. The zero-order chi connectivity index (χ0) is 11.0. The van der Waals surface area contributed by atoms with E-state index in [9.17, 15) is 14.4 Å². The van der Waals surface area contributed by atoms with Crippen LogP contribution >= 0.6 is 0 Å². The summed E-state index contributed by atoms with van der Waals surface area (Å²) in [6.45, 7) is 0. The molecular formula is C8H7N3O4. The first-order valence-corrected chi connectivity index (χ1v) is 4.05. The average molecular weight is 209 g/mol. The van der Waals surface area contributed by atoms with Crippen LogP contribution in [0.3, 0.4) is 0 Å². The molecule has 0 saturated heterocycles. The summed E-state index contributed by atoms with van der Waals surface area (Å²) in [5, 5.41) is 0. The van der Waals surface area contributed by atoms with Crippen molar-refractivity contribution in [2.75, 3.05) is 7.11 Å². The highest BCUT2D eigenvalue weighted by atomic mass is 16.5. The first-order valence-electron chi connectivity index (χ1n) is 4.05. The number of esters is 1. The highest BCUT2D eigenvalue weighted by Gasteiger charge is 2.10. The highest BCUT2D eigenvalue weighted by Crippen LogP contribution is 2.04. The Hall–Kier alpha value is -2.31. The van der Waals surface area contributed by atoms with Crippen LogP contribution in [-0.4, -0.2) is 27.4 Å². The lowest BCUT2D eigenvalue weighted by molar-refractivity contribution is 0.0601. The zero-order valence-electron chi connectivity index (χ0n) is 7.73. The zero-order valence-corrected chi connectivity index (χ0v) is 7.73. The van der Waals surface area contributed by atoms with E-state index in [1.807, 2.05) is 4.98 Å². The molecule has 0 aliphatic heterocycles. The van der Waals surface area contributed by atoms with Gasteiger partial charge in [0.25, 0.3) is 0 Å². The number of nitrogens with one attached hydrogen (secondary N) is 2. The molecule has 78 valence electrons. The van der Waals surface area contributed by atoms with E-state index in [0.717, 1.165) is 4.40 Å². The van der Waals surface area contributed by atoms with Gasteiger partial charge in [0.1, 0.15) is 5.65 Å². The Balaban J connectivity index is 2.76. The molecule has 15 heavy (non-hydrogen) atoms. The predicted molar refractivity (Wildman–Crippen MR) is 50.0 cm³/mol. The first-order chi connectivity index (χ1) is 7.11. The standard InChI is InChI=1S/C8H7N3O4/c1-15-6(12)4-2-5-9-7(13)10-8(14)11(5)3-4/h2-3H,1H3,(H2,9,10,13,14). The summed E-state index contributed by atoms with van der Waals surface area (Å²) in [5.74, 6) is -0.570. The number of fused-ring (bicyclic) bond motifs is 1. The molecule has 2 aromatic rings. The molecule has 2 rings (SSSR count). The number of ether oxygens (including phenoxy) is 1. The Morgan fingerprint density at radius 3 is 2.80 bits per heavy atom. The van der Waals surface area contributed by atoms with Crippen LogP contribution in [0.2, 0.25) is 0 Å². The van der Waals surface area contributed by atoms with Crippen molar-refractivity contribution in [3.05, 3.63) is 38.8 Å². The van der Waals surface area contributed by atoms with Gasteiger partial charge in [0.15, 0.2) is 0 Å². The van der Waals surface area contributed by atoms with Gasteiger partial charge in [0.2, 0.25) is 0 Å². The van der Waals surface area contributed by atoms with Crippen LogP contribution in [0.5, 0.6) is 0 Å². The van der Waals surface area contributed by atoms with Gasteiger partial charge < -0.3 is 4.74 Å². The molecule has 0 bridgehead atoms. The Morgan fingerprint density at radius 2 is 2.13 bits per heavy atom. The summed E-state index contributed by atoms with van der Waals surface area (Å²) in [5.41, 5.74) is -0.792. The smallest absolute Gasteiger partial charge is 0.339 e. The second-order valence-electron chi connectivity index (χ2n) is 2.86. The molecule has 0 aliphatic carbocycles. The number of methoxy groups -OCH3 is 1. The molecule has 7 heteroatoms. The van der Waals surface area contributed by atoms with Gasteiger partial charge in [-0.15, -0.1) is 0 Å². The number of aromatic nitrogens is 3. The van der Waals surface area contributed by atoms with E-state index < -0.39 is 17.3 Å². The van der Waals surface area contributed by atoms with Crippen molar-refractivity contribution in [1.82, 2.24) is 14.4 Å². The Bertz CT molecular complexity index is 633. The highest BCUT2D eigenvalue weighted by molar-refractivity contribution is 5.90. The van der Waals surface area contributed by atoms with Crippen molar-refractivity contribution in [2.45, 2.75) is 0 Å². The molecule has 0 aromatic carbocycles. The molecule has 2 aromatic heterocycles. The first kappa shape index (κ1) is 9.25. The van der Waals surface area contributed by atoms with Gasteiger partial charge in [0, 0.05) is 6.20 Å². The van der Waals surface area contributed by atoms with Crippen LogP contribution in [-0.2, 0) is 4.74 Å². The van der Waals surface area contributed by atoms with Crippen LogP contribution in [0.15, 0.2) is 21.9 Å². The molecular weight excluding hydrogens is 202 g/mol. The van der Waals surface area contributed by atoms with Crippen LogP contribution in [0.25, 0.3) is 5.65 Å². The summed E-state index contributed by atoms with van der Waals surface area (Å²) in [7, 11) is 1.23. The molecule has 0 spiro atoms. The molecule has 2 heterocycles. The van der Waals surface area contributed by atoms with E-state index >= 15 is 0 Å². The van der Waals surface area contributed by atoms with Gasteiger partial charge in [-0.05, 0) is 6.07 Å². The molecule has 0 saturated carbocycles. The number of carbonyl (C=O) groups is 1. The van der Waals surface area contributed by atoms with E-state index in [4.69, 9.17) is 0 Å². The van der Waals surface area contributed by atoms with Gasteiger partial charge in [-0.2, -0.15) is 0 Å². The number of aromatic amines is 2. The maximum Gasteiger partial charge on any atom is 0.339 e. The maximum absolute atomic E-state index is 11.3. The topological polar surface area (TPSA) is 96.4 Å². The molecule has 0 amide bonds. The second kappa shape index (κ2) is 3.12. The Morgan fingerprint density at radius 1 is 1.40 bits per heavy atom. The van der Waals surface area contributed by atoms with Crippen LogP contribution < -0.4 is 11.4 Å². The van der Waals surface area contributed by atoms with Crippen molar-refractivity contribution in [3.8, 4) is 0 Å². The molecule has 0 aliphatic rings. The molecule has 7 nitrogen and oxygen atoms in total. The summed E-state index contributed by atoms with van der Waals surface area (Å²) in [4.78, 5) is 37.7. The fraction of sp³-hybridized carbons (Fsp3) is 0.125. The Kier molecular flexibility index (Phi) is 1.93. The van der Waals surface area contributed by atoms with E-state index in [2.05, 4.69) is 9.72 Å². The summed E-state index contributed by atoms with van der Waals surface area (Å²) in [6, 6.07) is 1.36. The van der Waals surface area contributed by atoms with Gasteiger partial charge in [-0.25, -0.2) is 14.4 Å². The minimum Gasteiger partial charge on any atom is -0.465 e. The van der Waals surface area contributed by atoms with Crippen LogP contribution in [0.4, 0.5) is 0 Å². The Labute approximate surface area is 82.3 Å². The lowest BCUT2D eigenvalue weighted by Gasteiger charge is -1.90. The molecule has 0 fully saturated rings. The number of hydrogen-bond acceptors (Lipinski definition) is 4. The van der Waals surface area contributed by atoms with Crippen molar-refractivity contribution in [2.24, 2.45) is 0 Å². The van der Waals surface area contributed by atoms with Crippen molar-refractivity contribution < 1.29 is 9.53 Å². The van der Waals surface area contributed by atoms with E-state index in [1.165, 1.54) is 19.4 Å².